The third-order valence-corrected chi connectivity index (χ3v) is 5.48. The van der Waals surface area contributed by atoms with Crippen molar-refractivity contribution in [2.24, 2.45) is 0 Å². The lowest BCUT2D eigenvalue weighted by molar-refractivity contribution is 0.0742. The SMILES string of the molecule is C[C@@H](Cc1cnccn1)N(C)C(=O)c1csc2c1CCCC2. The van der Waals surface area contributed by atoms with Crippen LogP contribution in [-0.2, 0) is 19.3 Å². The molecule has 4 nitrogen and oxygen atoms in total. The van der Waals surface area contributed by atoms with E-state index in [-0.39, 0.29) is 11.9 Å². The molecule has 0 aromatic carbocycles. The van der Waals surface area contributed by atoms with Crippen LogP contribution < -0.4 is 0 Å². The van der Waals surface area contributed by atoms with Gasteiger partial charge < -0.3 is 4.90 Å². The quantitative estimate of drug-likeness (QED) is 0.871. The molecule has 2 aromatic heterocycles. The van der Waals surface area contributed by atoms with E-state index in [0.717, 1.165) is 30.5 Å². The van der Waals surface area contributed by atoms with Crippen LogP contribution in [0.3, 0.4) is 0 Å². The number of likely N-dealkylation sites (N-methyl/N-ethyl adjacent to an activating group) is 1. The molecule has 1 amide bonds. The highest BCUT2D eigenvalue weighted by atomic mass is 32.1. The first kappa shape index (κ1) is 15.2. The summed E-state index contributed by atoms with van der Waals surface area (Å²) in [6.07, 6.45) is 10.5. The molecule has 1 aliphatic carbocycles. The van der Waals surface area contributed by atoms with E-state index >= 15 is 0 Å². The Balaban J connectivity index is 1.72. The highest BCUT2D eigenvalue weighted by Gasteiger charge is 2.24. The molecule has 0 radical (unpaired) electrons. The molecule has 1 atom stereocenters. The van der Waals surface area contributed by atoms with E-state index in [1.807, 2.05) is 17.3 Å². The van der Waals surface area contributed by atoms with Gasteiger partial charge in [-0.05, 0) is 38.2 Å². The molecule has 22 heavy (non-hydrogen) atoms. The molecule has 0 aliphatic heterocycles. The average Bonchev–Trinajstić information content (AvgIpc) is 2.98. The van der Waals surface area contributed by atoms with Crippen LogP contribution in [0.15, 0.2) is 24.0 Å². The average molecular weight is 315 g/mol. The highest BCUT2D eigenvalue weighted by Crippen LogP contribution is 2.31. The summed E-state index contributed by atoms with van der Waals surface area (Å²) in [4.78, 5) is 24.4. The Hall–Kier alpha value is -1.75. The Labute approximate surface area is 135 Å². The van der Waals surface area contributed by atoms with E-state index in [4.69, 9.17) is 0 Å². The minimum atomic E-state index is 0.100. The summed E-state index contributed by atoms with van der Waals surface area (Å²) in [5.41, 5.74) is 3.12. The van der Waals surface area contributed by atoms with Crippen molar-refractivity contribution >= 4 is 17.2 Å². The van der Waals surface area contributed by atoms with Gasteiger partial charge >= 0.3 is 0 Å². The number of aromatic nitrogens is 2. The topological polar surface area (TPSA) is 46.1 Å². The lowest BCUT2D eigenvalue weighted by Crippen LogP contribution is -2.37. The van der Waals surface area contributed by atoms with Crippen molar-refractivity contribution in [3.63, 3.8) is 0 Å². The van der Waals surface area contributed by atoms with Gasteiger partial charge in [0.1, 0.15) is 0 Å². The summed E-state index contributed by atoms with van der Waals surface area (Å²) in [5.74, 6) is 0.135. The Bertz CT molecular complexity index is 653. The Kier molecular flexibility index (Phi) is 4.52. The van der Waals surface area contributed by atoms with Gasteiger partial charge in [0.15, 0.2) is 0 Å². The fraction of sp³-hybridized carbons (Fsp3) is 0.471. The van der Waals surface area contributed by atoms with Crippen LogP contribution in [0.1, 0.15) is 46.3 Å². The summed E-state index contributed by atoms with van der Waals surface area (Å²) in [6, 6.07) is 0.100. The van der Waals surface area contributed by atoms with Crippen LogP contribution in [-0.4, -0.2) is 33.9 Å². The van der Waals surface area contributed by atoms with Gasteiger partial charge in [-0.15, -0.1) is 11.3 Å². The van der Waals surface area contributed by atoms with Gasteiger partial charge in [0.05, 0.1) is 11.3 Å². The molecule has 0 saturated carbocycles. The van der Waals surface area contributed by atoms with E-state index < -0.39 is 0 Å². The number of aryl methyl sites for hydroxylation is 1. The molecule has 2 aromatic rings. The third kappa shape index (κ3) is 3.04. The molecule has 116 valence electrons. The van der Waals surface area contributed by atoms with Gasteiger partial charge in [0.25, 0.3) is 5.91 Å². The predicted octanol–water partition coefficient (Wildman–Crippen LogP) is 3.12. The second-order valence-electron chi connectivity index (χ2n) is 5.92. The summed E-state index contributed by atoms with van der Waals surface area (Å²) in [7, 11) is 1.89. The summed E-state index contributed by atoms with van der Waals surface area (Å²) in [5, 5.41) is 2.05. The van der Waals surface area contributed by atoms with E-state index in [1.165, 1.54) is 23.3 Å². The summed E-state index contributed by atoms with van der Waals surface area (Å²) in [6.45, 7) is 2.06. The first-order valence-corrected chi connectivity index (χ1v) is 8.66. The highest BCUT2D eigenvalue weighted by molar-refractivity contribution is 7.10. The zero-order valence-electron chi connectivity index (χ0n) is 13.1. The van der Waals surface area contributed by atoms with Gasteiger partial charge in [0.2, 0.25) is 0 Å². The maximum atomic E-state index is 12.8. The molecular formula is C17H21N3OS. The molecule has 0 bridgehead atoms. The largest absolute Gasteiger partial charge is 0.339 e. The number of carbonyl (C=O) groups excluding carboxylic acids is 1. The molecule has 2 heterocycles. The molecule has 1 aliphatic rings. The third-order valence-electron chi connectivity index (χ3n) is 4.39. The van der Waals surface area contributed by atoms with E-state index in [9.17, 15) is 4.79 Å². The number of amides is 1. The zero-order chi connectivity index (χ0) is 15.5. The van der Waals surface area contributed by atoms with Crippen LogP contribution in [0.25, 0.3) is 0 Å². The fourth-order valence-electron chi connectivity index (χ4n) is 2.94. The van der Waals surface area contributed by atoms with Crippen LogP contribution in [0.4, 0.5) is 0 Å². The van der Waals surface area contributed by atoms with Crippen LogP contribution in [0, 0.1) is 0 Å². The number of nitrogens with zero attached hydrogens (tertiary/aromatic N) is 3. The molecule has 0 saturated heterocycles. The molecule has 3 rings (SSSR count). The van der Waals surface area contributed by atoms with Crippen molar-refractivity contribution in [2.45, 2.75) is 45.1 Å². The standard InChI is InChI=1S/C17H21N3OS/c1-12(9-13-10-18-7-8-19-13)20(2)17(21)15-11-22-16-6-4-3-5-14(15)16/h7-8,10-12H,3-6,9H2,1-2H3/t12-/m0/s1. The number of fused-ring (bicyclic) bond motifs is 1. The monoisotopic (exact) mass is 315 g/mol. The van der Waals surface area contributed by atoms with Gasteiger partial charge in [-0.2, -0.15) is 0 Å². The smallest absolute Gasteiger partial charge is 0.254 e. The van der Waals surface area contributed by atoms with Crippen molar-refractivity contribution < 1.29 is 4.79 Å². The normalized spacial score (nSPS) is 15.2. The Morgan fingerprint density at radius 3 is 2.95 bits per heavy atom. The Morgan fingerprint density at radius 2 is 2.18 bits per heavy atom. The van der Waals surface area contributed by atoms with E-state index in [2.05, 4.69) is 16.9 Å². The van der Waals surface area contributed by atoms with Gasteiger partial charge in [0, 0.05) is 48.4 Å². The molecular weight excluding hydrogens is 294 g/mol. The number of hydrogen-bond acceptors (Lipinski definition) is 4. The van der Waals surface area contributed by atoms with E-state index in [0.29, 0.717) is 0 Å². The number of thiophene rings is 1. The van der Waals surface area contributed by atoms with Gasteiger partial charge in [-0.1, -0.05) is 0 Å². The minimum Gasteiger partial charge on any atom is -0.339 e. The Morgan fingerprint density at radius 1 is 1.36 bits per heavy atom. The maximum Gasteiger partial charge on any atom is 0.254 e. The van der Waals surface area contributed by atoms with Gasteiger partial charge in [-0.3, -0.25) is 14.8 Å². The second kappa shape index (κ2) is 6.57. The summed E-state index contributed by atoms with van der Waals surface area (Å²) < 4.78 is 0. The fourth-order valence-corrected chi connectivity index (χ4v) is 4.06. The van der Waals surface area contributed by atoms with Crippen molar-refractivity contribution in [1.29, 1.82) is 0 Å². The second-order valence-corrected chi connectivity index (χ2v) is 6.89. The molecule has 5 heteroatoms. The van der Waals surface area contributed by atoms with Crippen molar-refractivity contribution in [3.8, 4) is 0 Å². The van der Waals surface area contributed by atoms with Crippen LogP contribution in [0.5, 0.6) is 0 Å². The zero-order valence-corrected chi connectivity index (χ0v) is 13.9. The van der Waals surface area contributed by atoms with Gasteiger partial charge in [-0.25, -0.2) is 0 Å². The van der Waals surface area contributed by atoms with Crippen molar-refractivity contribution in [2.75, 3.05) is 7.05 Å². The van der Waals surface area contributed by atoms with Crippen LogP contribution in [0.2, 0.25) is 0 Å². The summed E-state index contributed by atoms with van der Waals surface area (Å²) >= 11 is 1.74. The maximum absolute atomic E-state index is 12.8. The molecule has 0 N–H and O–H groups in total. The lowest BCUT2D eigenvalue weighted by atomic mass is 9.95. The molecule has 0 fully saturated rings. The number of rotatable bonds is 4. The molecule has 0 spiro atoms. The lowest BCUT2D eigenvalue weighted by Gasteiger charge is -2.25. The first-order valence-electron chi connectivity index (χ1n) is 7.78. The number of hydrogen-bond donors (Lipinski definition) is 0. The molecule has 0 unspecified atom stereocenters. The first-order chi connectivity index (χ1) is 10.7. The number of carbonyl (C=O) groups is 1. The van der Waals surface area contributed by atoms with E-state index in [1.54, 1.807) is 29.9 Å². The minimum absolute atomic E-state index is 0.100. The van der Waals surface area contributed by atoms with Crippen molar-refractivity contribution in [3.05, 3.63) is 45.7 Å². The van der Waals surface area contributed by atoms with Crippen LogP contribution >= 0.6 is 11.3 Å². The van der Waals surface area contributed by atoms with Crippen molar-refractivity contribution in [1.82, 2.24) is 14.9 Å². The predicted molar refractivity (Wildman–Crippen MR) is 88.3 cm³/mol.